The molecule has 0 unspecified atom stereocenters. The molecule has 0 spiro atoms. The topological polar surface area (TPSA) is 38.7 Å². The maximum absolute atomic E-state index is 9.27. The highest BCUT2D eigenvalue weighted by Gasteiger charge is 2.33. The molecule has 2 atom stereocenters. The van der Waals surface area contributed by atoms with Gasteiger partial charge in [0.05, 0.1) is 18.8 Å². The molecule has 0 aromatic rings. The van der Waals surface area contributed by atoms with Crippen molar-refractivity contribution in [1.29, 1.82) is 0 Å². The molecule has 1 N–H and O–H groups in total. The van der Waals surface area contributed by atoms with Crippen LogP contribution in [0, 0.1) is 5.92 Å². The second-order valence-corrected chi connectivity index (χ2v) is 3.74. The second-order valence-electron chi connectivity index (χ2n) is 3.74. The predicted molar refractivity (Wildman–Crippen MR) is 59.5 cm³/mol. The number of hydrogen-bond donors (Lipinski definition) is 1. The normalized spacial score (nSPS) is 30.1. The Hall–Kier alpha value is -0.800. The summed E-state index contributed by atoms with van der Waals surface area (Å²) in [6.07, 6.45) is 5.78. The second kappa shape index (κ2) is 5.33. The van der Waals surface area contributed by atoms with E-state index in [9.17, 15) is 5.11 Å². The van der Waals surface area contributed by atoms with Gasteiger partial charge >= 0.3 is 0 Å². The third kappa shape index (κ3) is 2.83. The van der Waals surface area contributed by atoms with Crippen LogP contribution in [0.15, 0.2) is 24.0 Å². The van der Waals surface area contributed by atoms with Crippen molar-refractivity contribution in [3.05, 3.63) is 24.0 Å². The van der Waals surface area contributed by atoms with E-state index in [0.29, 0.717) is 13.2 Å². The minimum atomic E-state index is -0.456. The van der Waals surface area contributed by atoms with E-state index >= 15 is 0 Å². The fraction of sp³-hybridized carbons (Fsp3) is 0.667. The van der Waals surface area contributed by atoms with Gasteiger partial charge in [0.15, 0.2) is 0 Å². The molecule has 0 fully saturated rings. The lowest BCUT2D eigenvalue weighted by Gasteiger charge is -2.34. The van der Waals surface area contributed by atoms with Crippen molar-refractivity contribution in [1.82, 2.24) is 0 Å². The molecule has 1 aliphatic carbocycles. The average molecular weight is 212 g/mol. The summed E-state index contributed by atoms with van der Waals surface area (Å²) in [4.78, 5) is 0. The molecule has 0 aromatic heterocycles. The number of hydrogen-bond acceptors (Lipinski definition) is 3. The van der Waals surface area contributed by atoms with Gasteiger partial charge in [0.25, 0.3) is 0 Å². The Labute approximate surface area is 91.4 Å². The van der Waals surface area contributed by atoms with Gasteiger partial charge in [-0.15, -0.1) is 0 Å². The van der Waals surface area contributed by atoms with E-state index in [2.05, 4.69) is 0 Å². The number of rotatable bonds is 5. The Morgan fingerprint density at radius 3 is 2.67 bits per heavy atom. The summed E-state index contributed by atoms with van der Waals surface area (Å²) >= 11 is 0. The number of aliphatic hydroxyl groups excluding tert-OH is 1. The van der Waals surface area contributed by atoms with Crippen molar-refractivity contribution in [2.24, 2.45) is 5.92 Å². The van der Waals surface area contributed by atoms with E-state index in [1.807, 2.05) is 39.0 Å². The Balaban J connectivity index is 2.83. The monoisotopic (exact) mass is 212 g/mol. The predicted octanol–water partition coefficient (Wildman–Crippen LogP) is 1.88. The lowest BCUT2D eigenvalue weighted by atomic mass is 9.85. The van der Waals surface area contributed by atoms with E-state index in [0.717, 1.165) is 5.76 Å². The van der Waals surface area contributed by atoms with Crippen molar-refractivity contribution < 1.29 is 14.6 Å². The minimum Gasteiger partial charge on any atom is -0.494 e. The van der Waals surface area contributed by atoms with Gasteiger partial charge in [-0.05, 0) is 32.9 Å². The van der Waals surface area contributed by atoms with Crippen LogP contribution in [0.4, 0.5) is 0 Å². The summed E-state index contributed by atoms with van der Waals surface area (Å²) in [5.74, 6) is 0.819. The van der Waals surface area contributed by atoms with Gasteiger partial charge in [-0.1, -0.05) is 6.08 Å². The van der Waals surface area contributed by atoms with Crippen LogP contribution in [0.5, 0.6) is 0 Å². The molecule has 0 heterocycles. The van der Waals surface area contributed by atoms with Crippen LogP contribution in [0.1, 0.15) is 20.8 Å². The van der Waals surface area contributed by atoms with Gasteiger partial charge < -0.3 is 14.6 Å². The summed E-state index contributed by atoms with van der Waals surface area (Å²) in [6, 6.07) is 0. The van der Waals surface area contributed by atoms with E-state index in [1.165, 1.54) is 0 Å². The number of allylic oxidation sites excluding steroid dienone is 1. The summed E-state index contributed by atoms with van der Waals surface area (Å²) in [7, 11) is 0. The van der Waals surface area contributed by atoms with Gasteiger partial charge in [-0.3, -0.25) is 0 Å². The molecule has 0 radical (unpaired) electrons. The SMILES string of the molecule is CCOC1=C[C@](C)(OCC)[C@@H](CO)C=C1. The lowest BCUT2D eigenvalue weighted by molar-refractivity contribution is -0.0355. The van der Waals surface area contributed by atoms with Crippen molar-refractivity contribution in [3.63, 3.8) is 0 Å². The van der Waals surface area contributed by atoms with Crippen molar-refractivity contribution in [2.45, 2.75) is 26.4 Å². The third-order valence-corrected chi connectivity index (χ3v) is 2.62. The minimum absolute atomic E-state index is 0.00153. The fourth-order valence-corrected chi connectivity index (χ4v) is 1.80. The maximum atomic E-state index is 9.27. The molecule has 0 saturated carbocycles. The molecular weight excluding hydrogens is 192 g/mol. The van der Waals surface area contributed by atoms with Crippen molar-refractivity contribution >= 4 is 0 Å². The Morgan fingerprint density at radius 1 is 1.40 bits per heavy atom. The first-order chi connectivity index (χ1) is 7.16. The zero-order chi connectivity index (χ0) is 11.3. The highest BCUT2D eigenvalue weighted by atomic mass is 16.5. The zero-order valence-electron chi connectivity index (χ0n) is 9.69. The molecule has 3 nitrogen and oxygen atoms in total. The highest BCUT2D eigenvalue weighted by molar-refractivity contribution is 5.26. The van der Waals surface area contributed by atoms with Gasteiger partial charge in [0, 0.05) is 12.5 Å². The van der Waals surface area contributed by atoms with Gasteiger partial charge in [0.2, 0.25) is 0 Å². The Morgan fingerprint density at radius 2 is 2.13 bits per heavy atom. The van der Waals surface area contributed by atoms with Gasteiger partial charge in [-0.25, -0.2) is 0 Å². The molecule has 0 aliphatic heterocycles. The highest BCUT2D eigenvalue weighted by Crippen LogP contribution is 2.30. The van der Waals surface area contributed by atoms with Crippen LogP contribution in [0.3, 0.4) is 0 Å². The van der Waals surface area contributed by atoms with E-state index in [-0.39, 0.29) is 12.5 Å². The van der Waals surface area contributed by atoms with Crippen LogP contribution in [0.25, 0.3) is 0 Å². The smallest absolute Gasteiger partial charge is 0.117 e. The largest absolute Gasteiger partial charge is 0.494 e. The van der Waals surface area contributed by atoms with Crippen LogP contribution in [-0.4, -0.2) is 30.5 Å². The Bertz CT molecular complexity index is 258. The standard InChI is InChI=1S/C12H20O3/c1-4-14-11-7-6-10(9-13)12(3,8-11)15-5-2/h6-8,10,13H,4-5,9H2,1-3H3/t10-,12+/m1/s1. The Kier molecular flexibility index (Phi) is 4.36. The first kappa shape index (κ1) is 12.3. The quantitative estimate of drug-likeness (QED) is 0.756. The van der Waals surface area contributed by atoms with Crippen LogP contribution < -0.4 is 0 Å². The number of ether oxygens (including phenoxy) is 2. The van der Waals surface area contributed by atoms with E-state index in [4.69, 9.17) is 9.47 Å². The average Bonchev–Trinajstić information content (AvgIpc) is 2.18. The van der Waals surface area contributed by atoms with Gasteiger partial charge in [0.1, 0.15) is 5.76 Å². The molecule has 3 heteroatoms. The summed E-state index contributed by atoms with van der Waals surface area (Å²) in [5, 5.41) is 9.27. The van der Waals surface area contributed by atoms with Crippen molar-refractivity contribution in [3.8, 4) is 0 Å². The zero-order valence-corrected chi connectivity index (χ0v) is 9.69. The van der Waals surface area contributed by atoms with Crippen molar-refractivity contribution in [2.75, 3.05) is 19.8 Å². The molecule has 86 valence electrons. The molecule has 1 rings (SSSR count). The summed E-state index contributed by atoms with van der Waals surface area (Å²) in [6.45, 7) is 7.22. The fourth-order valence-electron chi connectivity index (χ4n) is 1.80. The first-order valence-electron chi connectivity index (χ1n) is 5.45. The molecule has 0 bridgehead atoms. The summed E-state index contributed by atoms with van der Waals surface area (Å²) < 4.78 is 11.1. The van der Waals surface area contributed by atoms with Crippen LogP contribution in [0.2, 0.25) is 0 Å². The summed E-state index contributed by atoms with van der Waals surface area (Å²) in [5.41, 5.74) is -0.456. The van der Waals surface area contributed by atoms with E-state index in [1.54, 1.807) is 0 Å². The molecule has 0 aromatic carbocycles. The lowest BCUT2D eigenvalue weighted by Crippen LogP contribution is -2.39. The molecule has 15 heavy (non-hydrogen) atoms. The first-order valence-corrected chi connectivity index (χ1v) is 5.45. The van der Waals surface area contributed by atoms with Crippen LogP contribution in [-0.2, 0) is 9.47 Å². The van der Waals surface area contributed by atoms with E-state index < -0.39 is 5.60 Å². The van der Waals surface area contributed by atoms with Gasteiger partial charge in [-0.2, -0.15) is 0 Å². The third-order valence-electron chi connectivity index (χ3n) is 2.62. The van der Waals surface area contributed by atoms with Crippen LogP contribution >= 0.6 is 0 Å². The molecule has 1 aliphatic rings. The molecule has 0 amide bonds. The molecule has 0 saturated heterocycles. The maximum Gasteiger partial charge on any atom is 0.117 e. The molecular formula is C12H20O3. The number of aliphatic hydroxyl groups is 1.